The van der Waals surface area contributed by atoms with Gasteiger partial charge in [0.05, 0.1) is 17.2 Å². The van der Waals surface area contributed by atoms with Gasteiger partial charge in [0.25, 0.3) is 0 Å². The average Bonchev–Trinajstić information content (AvgIpc) is 2.90. The Morgan fingerprint density at radius 3 is 2.65 bits per heavy atom. The number of aryl methyl sites for hydroxylation is 2. The van der Waals surface area contributed by atoms with Crippen LogP contribution >= 0.6 is 35.3 Å². The van der Waals surface area contributed by atoms with E-state index in [-0.39, 0.29) is 24.0 Å². The highest BCUT2D eigenvalue weighted by molar-refractivity contribution is 14.0. The zero-order chi connectivity index (χ0) is 15.9. The van der Waals surface area contributed by atoms with Gasteiger partial charge in [-0.3, -0.25) is 4.99 Å². The van der Waals surface area contributed by atoms with E-state index in [1.807, 2.05) is 21.0 Å². The lowest BCUT2D eigenvalue weighted by Gasteiger charge is -2.21. The molecule has 0 amide bonds. The minimum Gasteiger partial charge on any atom is -0.356 e. The first-order chi connectivity index (χ1) is 10.6. The minimum atomic E-state index is 0. The first-order valence-electron chi connectivity index (χ1n) is 7.47. The average molecular weight is 444 g/mol. The summed E-state index contributed by atoms with van der Waals surface area (Å²) in [6.07, 6.45) is 0.995. The molecule has 0 saturated carbocycles. The Labute approximate surface area is 160 Å². The Morgan fingerprint density at radius 1 is 1.30 bits per heavy atom. The first-order valence-corrected chi connectivity index (χ1v) is 8.35. The molecule has 0 aliphatic rings. The van der Waals surface area contributed by atoms with Gasteiger partial charge in [-0.2, -0.15) is 0 Å². The number of aliphatic imine (C=N–C) groups is 1. The van der Waals surface area contributed by atoms with Gasteiger partial charge in [0, 0.05) is 26.0 Å². The Kier molecular flexibility index (Phi) is 8.54. The van der Waals surface area contributed by atoms with Gasteiger partial charge in [-0.05, 0) is 31.4 Å². The van der Waals surface area contributed by atoms with E-state index < -0.39 is 0 Å². The molecule has 0 aliphatic heterocycles. The molecule has 1 aromatic heterocycles. The van der Waals surface area contributed by atoms with E-state index in [2.05, 4.69) is 56.8 Å². The van der Waals surface area contributed by atoms with E-state index >= 15 is 0 Å². The first kappa shape index (κ1) is 19.9. The van der Waals surface area contributed by atoms with Crippen LogP contribution in [0.5, 0.6) is 0 Å². The van der Waals surface area contributed by atoms with Crippen molar-refractivity contribution in [2.75, 3.05) is 20.6 Å². The third kappa shape index (κ3) is 6.10. The van der Waals surface area contributed by atoms with Crippen LogP contribution in [0.15, 0.2) is 34.6 Å². The van der Waals surface area contributed by atoms with Crippen LogP contribution in [0.4, 0.5) is 0 Å². The minimum absolute atomic E-state index is 0. The number of hydrogen-bond donors (Lipinski definition) is 1. The zero-order valence-electron chi connectivity index (χ0n) is 14.2. The summed E-state index contributed by atoms with van der Waals surface area (Å²) in [4.78, 5) is 11.0. The van der Waals surface area contributed by atoms with Gasteiger partial charge in [0.2, 0.25) is 0 Å². The Morgan fingerprint density at radius 2 is 2.04 bits per heavy atom. The molecule has 1 N–H and O–H groups in total. The second kappa shape index (κ2) is 9.87. The maximum Gasteiger partial charge on any atom is 0.193 e. The number of halogens is 1. The lowest BCUT2D eigenvalue weighted by molar-refractivity contribution is 0.471. The number of guanidine groups is 1. The second-order valence-electron chi connectivity index (χ2n) is 5.36. The summed E-state index contributed by atoms with van der Waals surface area (Å²) in [5.41, 5.74) is 3.81. The molecule has 0 fully saturated rings. The monoisotopic (exact) mass is 444 g/mol. The lowest BCUT2D eigenvalue weighted by Crippen LogP contribution is -2.39. The summed E-state index contributed by atoms with van der Waals surface area (Å²) in [5.74, 6) is 0.902. The molecular weight excluding hydrogens is 419 g/mol. The van der Waals surface area contributed by atoms with Crippen molar-refractivity contribution in [2.24, 2.45) is 4.99 Å². The smallest absolute Gasteiger partial charge is 0.193 e. The summed E-state index contributed by atoms with van der Waals surface area (Å²) < 4.78 is 0. The maximum absolute atomic E-state index is 4.50. The van der Waals surface area contributed by atoms with E-state index in [0.29, 0.717) is 0 Å². The van der Waals surface area contributed by atoms with Crippen molar-refractivity contribution in [2.45, 2.75) is 26.8 Å². The molecule has 0 bridgehead atoms. The van der Waals surface area contributed by atoms with Gasteiger partial charge in [0.1, 0.15) is 0 Å². The predicted octanol–water partition coefficient (Wildman–Crippen LogP) is 3.63. The molecule has 2 aromatic rings. The molecule has 23 heavy (non-hydrogen) atoms. The standard InChI is InChI=1S/C17H24N4S.HI/c1-13-7-5-6-8-15(13)9-10-19-17(18-3)21(4)11-16-12-22-14(2)20-16;/h5-8,12H,9-11H2,1-4H3,(H,18,19);1H. The number of aromatic nitrogens is 1. The van der Waals surface area contributed by atoms with Crippen LogP contribution in [0.1, 0.15) is 21.8 Å². The fourth-order valence-electron chi connectivity index (χ4n) is 2.38. The van der Waals surface area contributed by atoms with Gasteiger partial charge >= 0.3 is 0 Å². The molecule has 0 unspecified atom stereocenters. The number of nitrogens with zero attached hydrogens (tertiary/aromatic N) is 3. The van der Waals surface area contributed by atoms with Crippen molar-refractivity contribution in [1.29, 1.82) is 0 Å². The second-order valence-corrected chi connectivity index (χ2v) is 6.43. The quantitative estimate of drug-likeness (QED) is 0.435. The predicted molar refractivity (Wildman–Crippen MR) is 110 cm³/mol. The topological polar surface area (TPSA) is 40.5 Å². The van der Waals surface area contributed by atoms with E-state index in [0.717, 1.165) is 36.2 Å². The van der Waals surface area contributed by atoms with Crippen molar-refractivity contribution in [3.05, 3.63) is 51.5 Å². The summed E-state index contributed by atoms with van der Waals surface area (Å²) in [6, 6.07) is 8.51. The van der Waals surface area contributed by atoms with Gasteiger partial charge in [0.15, 0.2) is 5.96 Å². The van der Waals surface area contributed by atoms with Crippen LogP contribution in [0.2, 0.25) is 0 Å². The highest BCUT2D eigenvalue weighted by atomic mass is 127. The largest absolute Gasteiger partial charge is 0.356 e. The molecule has 1 aromatic carbocycles. The Balaban J connectivity index is 0.00000264. The zero-order valence-corrected chi connectivity index (χ0v) is 17.3. The summed E-state index contributed by atoms with van der Waals surface area (Å²) in [6.45, 7) is 5.83. The highest BCUT2D eigenvalue weighted by Crippen LogP contribution is 2.10. The molecule has 2 rings (SSSR count). The van der Waals surface area contributed by atoms with E-state index in [1.165, 1.54) is 11.1 Å². The molecule has 1 heterocycles. The number of rotatable bonds is 5. The number of nitrogens with one attached hydrogen (secondary N) is 1. The normalized spacial score (nSPS) is 11.0. The number of benzene rings is 1. The van der Waals surface area contributed by atoms with Crippen molar-refractivity contribution in [1.82, 2.24) is 15.2 Å². The Bertz CT molecular complexity index is 639. The molecule has 0 saturated heterocycles. The van der Waals surface area contributed by atoms with Crippen LogP contribution in [-0.4, -0.2) is 36.5 Å². The SMILES string of the molecule is CN=C(NCCc1ccccc1C)N(C)Cc1csc(C)n1.I. The van der Waals surface area contributed by atoms with Crippen LogP contribution < -0.4 is 5.32 Å². The van der Waals surface area contributed by atoms with Crippen molar-refractivity contribution >= 4 is 41.3 Å². The molecule has 0 spiro atoms. The molecule has 4 nitrogen and oxygen atoms in total. The summed E-state index contributed by atoms with van der Waals surface area (Å²) in [5, 5.41) is 6.63. The molecule has 0 radical (unpaired) electrons. The fraction of sp³-hybridized carbons (Fsp3) is 0.412. The molecule has 0 aliphatic carbocycles. The summed E-state index contributed by atoms with van der Waals surface area (Å²) >= 11 is 1.68. The van der Waals surface area contributed by atoms with Crippen molar-refractivity contribution < 1.29 is 0 Å². The third-order valence-corrected chi connectivity index (χ3v) is 4.40. The van der Waals surface area contributed by atoms with Crippen LogP contribution in [0.3, 0.4) is 0 Å². The van der Waals surface area contributed by atoms with E-state index in [1.54, 1.807) is 11.3 Å². The molecular formula is C17H25IN4S. The number of thiazole rings is 1. The van der Waals surface area contributed by atoms with Crippen LogP contribution in [0, 0.1) is 13.8 Å². The van der Waals surface area contributed by atoms with Gasteiger partial charge in [-0.1, -0.05) is 24.3 Å². The fourth-order valence-corrected chi connectivity index (χ4v) is 2.99. The van der Waals surface area contributed by atoms with Crippen molar-refractivity contribution in [3.8, 4) is 0 Å². The van der Waals surface area contributed by atoms with E-state index in [9.17, 15) is 0 Å². The van der Waals surface area contributed by atoms with Crippen molar-refractivity contribution in [3.63, 3.8) is 0 Å². The van der Waals surface area contributed by atoms with Crippen LogP contribution in [0.25, 0.3) is 0 Å². The van der Waals surface area contributed by atoms with E-state index in [4.69, 9.17) is 0 Å². The van der Waals surface area contributed by atoms with Crippen LogP contribution in [-0.2, 0) is 13.0 Å². The number of hydrogen-bond acceptors (Lipinski definition) is 3. The third-order valence-electron chi connectivity index (χ3n) is 3.58. The lowest BCUT2D eigenvalue weighted by atomic mass is 10.1. The highest BCUT2D eigenvalue weighted by Gasteiger charge is 2.08. The van der Waals surface area contributed by atoms with Gasteiger partial charge in [-0.25, -0.2) is 4.98 Å². The van der Waals surface area contributed by atoms with Gasteiger partial charge < -0.3 is 10.2 Å². The maximum atomic E-state index is 4.50. The molecule has 126 valence electrons. The summed E-state index contributed by atoms with van der Waals surface area (Å²) in [7, 11) is 3.86. The Hall–Kier alpha value is -1.15. The van der Waals surface area contributed by atoms with Gasteiger partial charge in [-0.15, -0.1) is 35.3 Å². The molecule has 0 atom stereocenters. The molecule has 6 heteroatoms.